The highest BCUT2D eigenvalue weighted by Crippen LogP contribution is 2.27. The van der Waals surface area contributed by atoms with Gasteiger partial charge >= 0.3 is 0 Å². The zero-order valence-electron chi connectivity index (χ0n) is 24.3. The maximum absolute atomic E-state index is 14.0. The lowest BCUT2D eigenvalue weighted by atomic mass is 10.1. The number of sulfonamides is 1. The van der Waals surface area contributed by atoms with Gasteiger partial charge < -0.3 is 15.0 Å². The summed E-state index contributed by atoms with van der Waals surface area (Å²) < 4.78 is 47.7. The predicted molar refractivity (Wildman–Crippen MR) is 158 cm³/mol. The van der Waals surface area contributed by atoms with Gasteiger partial charge in [0.05, 0.1) is 17.2 Å². The summed E-state index contributed by atoms with van der Waals surface area (Å²) >= 11 is 0. The molecule has 0 bridgehead atoms. The van der Waals surface area contributed by atoms with Crippen LogP contribution in [0.25, 0.3) is 0 Å². The molecule has 8 nitrogen and oxygen atoms in total. The molecule has 10 heteroatoms. The summed E-state index contributed by atoms with van der Waals surface area (Å²) in [4.78, 5) is 28.4. The van der Waals surface area contributed by atoms with E-state index in [-0.39, 0.29) is 23.0 Å². The van der Waals surface area contributed by atoms with E-state index >= 15 is 0 Å². The van der Waals surface area contributed by atoms with Gasteiger partial charge in [-0.2, -0.15) is 0 Å². The van der Waals surface area contributed by atoms with Crippen LogP contribution in [0, 0.1) is 12.7 Å². The highest BCUT2D eigenvalue weighted by Gasteiger charge is 2.33. The molecular weight excluding hydrogens is 545 g/mol. The number of anilines is 1. The molecule has 0 saturated heterocycles. The molecule has 3 aromatic rings. The molecule has 0 spiro atoms. The van der Waals surface area contributed by atoms with Crippen molar-refractivity contribution in [1.29, 1.82) is 0 Å². The Bertz CT molecular complexity index is 1450. The Labute approximate surface area is 242 Å². The minimum Gasteiger partial charge on any atom is -0.494 e. The van der Waals surface area contributed by atoms with Gasteiger partial charge in [-0.1, -0.05) is 29.8 Å². The molecule has 220 valence electrons. The van der Waals surface area contributed by atoms with Crippen LogP contribution >= 0.6 is 0 Å². The molecule has 0 radical (unpaired) electrons. The van der Waals surface area contributed by atoms with Gasteiger partial charge in [-0.15, -0.1) is 0 Å². The standard InChI is InChI=1S/C31H38FN3O5S/c1-7-40-27-15-13-26(14-16-27)35(41(38,39)28-17-11-25(32)12-18-28)21-29(36)34(20-24-10-8-9-22(2)19-24)23(3)30(37)33-31(4,5)6/h8-19,23H,7,20-21H2,1-6H3,(H,33,37). The Hall–Kier alpha value is -3.92. The highest BCUT2D eigenvalue weighted by atomic mass is 32.2. The number of amides is 2. The second-order valence-electron chi connectivity index (χ2n) is 10.8. The summed E-state index contributed by atoms with van der Waals surface area (Å²) in [5.74, 6) is -0.999. The van der Waals surface area contributed by atoms with Crippen LogP contribution in [0.5, 0.6) is 5.75 Å². The number of nitrogens with one attached hydrogen (secondary N) is 1. The Morgan fingerprint density at radius 1 is 1.00 bits per heavy atom. The Kier molecular flexibility index (Phi) is 10.1. The normalized spacial score (nSPS) is 12.4. The topological polar surface area (TPSA) is 96.0 Å². The predicted octanol–water partition coefficient (Wildman–Crippen LogP) is 5.06. The fraction of sp³-hybridized carbons (Fsp3) is 0.355. The number of halogens is 1. The summed E-state index contributed by atoms with van der Waals surface area (Å²) in [5.41, 5.74) is 1.46. The van der Waals surface area contributed by atoms with E-state index in [0.717, 1.165) is 39.7 Å². The summed E-state index contributed by atoms with van der Waals surface area (Å²) in [5, 5.41) is 2.90. The smallest absolute Gasteiger partial charge is 0.264 e. The van der Waals surface area contributed by atoms with E-state index in [1.54, 1.807) is 31.2 Å². The molecule has 1 unspecified atom stereocenters. The number of ether oxygens (including phenoxy) is 1. The third kappa shape index (κ3) is 8.53. The zero-order valence-corrected chi connectivity index (χ0v) is 25.2. The van der Waals surface area contributed by atoms with E-state index in [2.05, 4.69) is 5.32 Å². The van der Waals surface area contributed by atoms with Crippen LogP contribution in [0.1, 0.15) is 45.7 Å². The first-order valence-corrected chi connectivity index (χ1v) is 14.8. The highest BCUT2D eigenvalue weighted by molar-refractivity contribution is 7.92. The average Bonchev–Trinajstić information content (AvgIpc) is 2.90. The molecule has 0 fully saturated rings. The van der Waals surface area contributed by atoms with Crippen molar-refractivity contribution >= 4 is 27.5 Å². The van der Waals surface area contributed by atoms with Crippen molar-refractivity contribution in [2.45, 2.75) is 64.6 Å². The lowest BCUT2D eigenvalue weighted by Crippen LogP contribution is -2.54. The van der Waals surface area contributed by atoms with Gasteiger partial charge in [0.15, 0.2) is 0 Å². The largest absolute Gasteiger partial charge is 0.494 e. The zero-order chi connectivity index (χ0) is 30.4. The number of hydrogen-bond donors (Lipinski definition) is 1. The summed E-state index contributed by atoms with van der Waals surface area (Å²) in [6.45, 7) is 10.8. The van der Waals surface area contributed by atoms with E-state index in [1.807, 2.05) is 58.9 Å². The van der Waals surface area contributed by atoms with E-state index in [9.17, 15) is 22.4 Å². The Morgan fingerprint density at radius 3 is 2.20 bits per heavy atom. The van der Waals surface area contributed by atoms with Crippen LogP contribution in [0.15, 0.2) is 77.7 Å². The van der Waals surface area contributed by atoms with Crippen molar-refractivity contribution in [2.75, 3.05) is 17.5 Å². The van der Waals surface area contributed by atoms with E-state index in [0.29, 0.717) is 12.4 Å². The summed E-state index contributed by atoms with van der Waals surface area (Å²) in [6, 6.07) is 17.4. The molecule has 0 saturated carbocycles. The molecule has 1 N–H and O–H groups in total. The number of benzene rings is 3. The third-order valence-corrected chi connectivity index (χ3v) is 8.01. The first-order valence-electron chi connectivity index (χ1n) is 13.4. The van der Waals surface area contributed by atoms with E-state index in [4.69, 9.17) is 4.74 Å². The van der Waals surface area contributed by atoms with E-state index < -0.39 is 39.9 Å². The van der Waals surface area contributed by atoms with Crippen molar-refractivity contribution in [2.24, 2.45) is 0 Å². The van der Waals surface area contributed by atoms with E-state index in [1.165, 1.54) is 4.90 Å². The molecule has 0 aliphatic heterocycles. The maximum Gasteiger partial charge on any atom is 0.264 e. The number of carbonyl (C=O) groups excluding carboxylic acids is 2. The monoisotopic (exact) mass is 583 g/mol. The molecule has 0 aliphatic rings. The quantitative estimate of drug-likeness (QED) is 0.341. The molecule has 2 amide bonds. The van der Waals surface area contributed by atoms with Gasteiger partial charge in [0.2, 0.25) is 11.8 Å². The number of hydrogen-bond acceptors (Lipinski definition) is 5. The molecule has 0 heterocycles. The minimum absolute atomic E-state index is 0.0902. The molecule has 3 rings (SSSR count). The first-order chi connectivity index (χ1) is 19.2. The van der Waals surface area contributed by atoms with Crippen LogP contribution < -0.4 is 14.4 Å². The van der Waals surface area contributed by atoms with Crippen molar-refractivity contribution < 1.29 is 27.1 Å². The number of nitrogens with zero attached hydrogens (tertiary/aromatic N) is 2. The number of carbonyl (C=O) groups is 2. The Morgan fingerprint density at radius 2 is 1.63 bits per heavy atom. The molecular formula is C31H38FN3O5S. The molecule has 1 atom stereocenters. The number of rotatable bonds is 11. The van der Waals surface area contributed by atoms with Gasteiger partial charge in [0.1, 0.15) is 24.2 Å². The lowest BCUT2D eigenvalue weighted by Gasteiger charge is -2.33. The molecule has 0 aromatic heterocycles. The molecule has 3 aromatic carbocycles. The van der Waals surface area contributed by atoms with Gasteiger partial charge in [-0.3, -0.25) is 13.9 Å². The van der Waals surface area contributed by atoms with Crippen LogP contribution in [0.4, 0.5) is 10.1 Å². The van der Waals surface area contributed by atoms with Crippen molar-refractivity contribution in [3.8, 4) is 5.75 Å². The van der Waals surface area contributed by atoms with Gasteiger partial charge in [-0.25, -0.2) is 12.8 Å². The second kappa shape index (κ2) is 13.2. The molecule has 0 aliphatic carbocycles. The molecule has 41 heavy (non-hydrogen) atoms. The first kappa shape index (κ1) is 31.6. The summed E-state index contributed by atoms with van der Waals surface area (Å²) in [7, 11) is -4.30. The van der Waals surface area contributed by atoms with Crippen molar-refractivity contribution in [3.05, 3.63) is 89.7 Å². The van der Waals surface area contributed by atoms with Gasteiger partial charge in [0.25, 0.3) is 10.0 Å². The number of aryl methyl sites for hydroxylation is 1. The average molecular weight is 584 g/mol. The van der Waals surface area contributed by atoms with Crippen LogP contribution in [-0.4, -0.2) is 49.9 Å². The van der Waals surface area contributed by atoms with Crippen LogP contribution in [0.3, 0.4) is 0 Å². The lowest BCUT2D eigenvalue weighted by molar-refractivity contribution is -0.140. The van der Waals surface area contributed by atoms with Gasteiger partial charge in [0, 0.05) is 12.1 Å². The third-order valence-electron chi connectivity index (χ3n) is 6.22. The van der Waals surface area contributed by atoms with Gasteiger partial charge in [-0.05, 0) is 95.6 Å². The maximum atomic E-state index is 14.0. The van der Waals surface area contributed by atoms with Crippen molar-refractivity contribution in [3.63, 3.8) is 0 Å². The second-order valence-corrected chi connectivity index (χ2v) is 12.7. The minimum atomic E-state index is -4.30. The van der Waals surface area contributed by atoms with Crippen molar-refractivity contribution in [1.82, 2.24) is 10.2 Å². The Balaban J connectivity index is 2.04. The fourth-order valence-electron chi connectivity index (χ4n) is 4.20. The fourth-order valence-corrected chi connectivity index (χ4v) is 5.62. The SMILES string of the molecule is CCOc1ccc(N(CC(=O)N(Cc2cccc(C)c2)C(C)C(=O)NC(C)(C)C)S(=O)(=O)c2ccc(F)cc2)cc1. The summed E-state index contributed by atoms with van der Waals surface area (Å²) in [6.07, 6.45) is 0. The van der Waals surface area contributed by atoms with Crippen LogP contribution in [0.2, 0.25) is 0 Å². The van der Waals surface area contributed by atoms with Crippen LogP contribution in [-0.2, 0) is 26.2 Å².